The molecule has 0 atom stereocenters. The molecular formula is C22H22ClF2N3O3. The average molecular weight is 450 g/mol. The van der Waals surface area contributed by atoms with Crippen molar-refractivity contribution in [2.75, 3.05) is 14.2 Å². The molecule has 0 N–H and O–H groups in total. The van der Waals surface area contributed by atoms with E-state index < -0.39 is 6.61 Å². The number of ether oxygens (including phenoxy) is 2. The van der Waals surface area contributed by atoms with Gasteiger partial charge in [-0.1, -0.05) is 17.7 Å². The fraction of sp³-hybridized carbons (Fsp3) is 0.273. The third-order valence-corrected chi connectivity index (χ3v) is 5.32. The van der Waals surface area contributed by atoms with Gasteiger partial charge in [0.2, 0.25) is 0 Å². The second kappa shape index (κ2) is 9.34. The number of aryl methyl sites for hydroxylation is 1. The van der Waals surface area contributed by atoms with E-state index in [2.05, 4.69) is 9.84 Å². The Labute approximate surface area is 183 Å². The molecule has 0 aliphatic carbocycles. The van der Waals surface area contributed by atoms with Crippen molar-refractivity contribution >= 4 is 17.5 Å². The highest BCUT2D eigenvalue weighted by molar-refractivity contribution is 6.31. The van der Waals surface area contributed by atoms with Gasteiger partial charge in [-0.25, -0.2) is 4.68 Å². The highest BCUT2D eigenvalue weighted by atomic mass is 35.5. The molecule has 0 spiro atoms. The van der Waals surface area contributed by atoms with Gasteiger partial charge in [0.15, 0.2) is 11.5 Å². The van der Waals surface area contributed by atoms with Crippen LogP contribution in [0.3, 0.4) is 0 Å². The topological polar surface area (TPSA) is 56.6 Å². The standard InChI is InChI=1S/C22H22ClF2N3O3/c1-13-20(23)14(2)28(26-13)17-8-6-16(7-9-17)21(29)27(3)12-15-5-10-18(30-4)19(11-15)31-22(24)25/h5-11,22H,12H2,1-4H3. The summed E-state index contributed by atoms with van der Waals surface area (Å²) in [5.74, 6) is -0.105. The van der Waals surface area contributed by atoms with Crippen LogP contribution in [0.1, 0.15) is 27.3 Å². The third kappa shape index (κ3) is 4.96. The van der Waals surface area contributed by atoms with Crippen molar-refractivity contribution in [1.82, 2.24) is 14.7 Å². The van der Waals surface area contributed by atoms with Gasteiger partial charge in [-0.3, -0.25) is 4.79 Å². The Morgan fingerprint density at radius 2 is 1.84 bits per heavy atom. The van der Waals surface area contributed by atoms with Gasteiger partial charge in [-0.2, -0.15) is 13.9 Å². The molecule has 2 aromatic carbocycles. The SMILES string of the molecule is COc1ccc(CN(C)C(=O)c2ccc(-n3nc(C)c(Cl)c3C)cc2)cc1OC(F)F. The van der Waals surface area contributed by atoms with Crippen molar-refractivity contribution in [1.29, 1.82) is 0 Å². The monoisotopic (exact) mass is 449 g/mol. The minimum atomic E-state index is -2.97. The van der Waals surface area contributed by atoms with E-state index >= 15 is 0 Å². The molecule has 0 unspecified atom stereocenters. The minimum absolute atomic E-state index is 0.0799. The molecule has 0 aliphatic heterocycles. The molecule has 1 amide bonds. The zero-order valence-electron chi connectivity index (χ0n) is 17.5. The summed E-state index contributed by atoms with van der Waals surface area (Å²) in [4.78, 5) is 14.3. The zero-order chi connectivity index (χ0) is 22.7. The van der Waals surface area contributed by atoms with Crippen LogP contribution in [-0.4, -0.2) is 41.4 Å². The Hall–Kier alpha value is -3.13. The number of hydrogen-bond acceptors (Lipinski definition) is 4. The maximum absolute atomic E-state index is 12.8. The van der Waals surface area contributed by atoms with E-state index in [-0.39, 0.29) is 24.0 Å². The molecule has 0 bridgehead atoms. The molecule has 31 heavy (non-hydrogen) atoms. The lowest BCUT2D eigenvalue weighted by Crippen LogP contribution is -2.26. The molecule has 6 nitrogen and oxygen atoms in total. The van der Waals surface area contributed by atoms with Crippen molar-refractivity contribution < 1.29 is 23.0 Å². The zero-order valence-corrected chi connectivity index (χ0v) is 18.3. The number of nitrogens with zero attached hydrogens (tertiary/aromatic N) is 3. The number of rotatable bonds is 7. The Morgan fingerprint density at radius 3 is 2.39 bits per heavy atom. The molecule has 0 fully saturated rings. The van der Waals surface area contributed by atoms with Crippen LogP contribution in [-0.2, 0) is 6.54 Å². The largest absolute Gasteiger partial charge is 0.493 e. The summed E-state index contributed by atoms with van der Waals surface area (Å²) in [6.07, 6.45) is 0. The smallest absolute Gasteiger partial charge is 0.387 e. The predicted octanol–water partition coefficient (Wildman–Crippen LogP) is 5.02. The van der Waals surface area contributed by atoms with Crippen LogP contribution in [0.25, 0.3) is 5.69 Å². The normalized spacial score (nSPS) is 11.0. The third-order valence-electron chi connectivity index (χ3n) is 4.77. The number of carbonyl (C=O) groups excluding carboxylic acids is 1. The van der Waals surface area contributed by atoms with E-state index in [0.717, 1.165) is 17.1 Å². The van der Waals surface area contributed by atoms with Crippen LogP contribution in [0.4, 0.5) is 8.78 Å². The van der Waals surface area contributed by atoms with Gasteiger partial charge in [0, 0.05) is 19.2 Å². The molecule has 0 radical (unpaired) electrons. The van der Waals surface area contributed by atoms with Gasteiger partial charge in [0.25, 0.3) is 5.91 Å². The molecule has 1 aromatic heterocycles. The van der Waals surface area contributed by atoms with Crippen LogP contribution >= 0.6 is 11.6 Å². The molecule has 1 heterocycles. The summed E-state index contributed by atoms with van der Waals surface area (Å²) in [5, 5.41) is 5.01. The number of aromatic nitrogens is 2. The van der Waals surface area contributed by atoms with Gasteiger partial charge >= 0.3 is 6.61 Å². The van der Waals surface area contributed by atoms with Gasteiger partial charge in [-0.05, 0) is 55.8 Å². The van der Waals surface area contributed by atoms with E-state index in [1.807, 2.05) is 13.8 Å². The van der Waals surface area contributed by atoms with Crippen LogP contribution in [0.15, 0.2) is 42.5 Å². The predicted molar refractivity (Wildman–Crippen MR) is 113 cm³/mol. The molecule has 3 aromatic rings. The molecule has 0 saturated heterocycles. The molecule has 164 valence electrons. The van der Waals surface area contributed by atoms with Crippen molar-refractivity contribution in [3.05, 3.63) is 70.0 Å². The quantitative estimate of drug-likeness (QED) is 0.508. The highest BCUT2D eigenvalue weighted by Crippen LogP contribution is 2.30. The Morgan fingerprint density at radius 1 is 1.16 bits per heavy atom. The lowest BCUT2D eigenvalue weighted by atomic mass is 10.1. The molecular weight excluding hydrogens is 428 g/mol. The molecule has 3 rings (SSSR count). The summed E-state index contributed by atoms with van der Waals surface area (Å²) in [6, 6.07) is 11.6. The number of alkyl halides is 2. The van der Waals surface area contributed by atoms with Crippen molar-refractivity contribution in [3.8, 4) is 17.2 Å². The molecule has 9 heteroatoms. The maximum Gasteiger partial charge on any atom is 0.387 e. The van der Waals surface area contributed by atoms with Crippen molar-refractivity contribution in [2.45, 2.75) is 27.0 Å². The van der Waals surface area contributed by atoms with E-state index in [4.69, 9.17) is 16.3 Å². The molecule has 0 aliphatic rings. The number of methoxy groups -OCH3 is 1. The van der Waals surface area contributed by atoms with Crippen LogP contribution in [0.5, 0.6) is 11.5 Å². The van der Waals surface area contributed by atoms with Crippen molar-refractivity contribution in [3.63, 3.8) is 0 Å². The maximum atomic E-state index is 12.8. The first-order valence-electron chi connectivity index (χ1n) is 9.40. The minimum Gasteiger partial charge on any atom is -0.493 e. The summed E-state index contributed by atoms with van der Waals surface area (Å²) in [7, 11) is 3.00. The first-order chi connectivity index (χ1) is 14.7. The van der Waals surface area contributed by atoms with Gasteiger partial charge in [-0.15, -0.1) is 0 Å². The fourth-order valence-corrected chi connectivity index (χ4v) is 3.31. The van der Waals surface area contributed by atoms with E-state index in [1.54, 1.807) is 42.1 Å². The van der Waals surface area contributed by atoms with Gasteiger partial charge in [0.1, 0.15) is 0 Å². The van der Waals surface area contributed by atoms with Crippen molar-refractivity contribution in [2.24, 2.45) is 0 Å². The Bertz CT molecular complexity index is 1080. The number of halogens is 3. The van der Waals surface area contributed by atoms with Gasteiger partial charge in [0.05, 0.1) is 29.2 Å². The Balaban J connectivity index is 1.75. The number of hydrogen-bond donors (Lipinski definition) is 0. The van der Waals surface area contributed by atoms with Crippen LogP contribution in [0.2, 0.25) is 5.02 Å². The van der Waals surface area contributed by atoms with Gasteiger partial charge < -0.3 is 14.4 Å². The summed E-state index contributed by atoms with van der Waals surface area (Å²) in [6.45, 7) is 0.933. The van der Waals surface area contributed by atoms with Crippen LogP contribution < -0.4 is 9.47 Å². The number of carbonyl (C=O) groups is 1. The van der Waals surface area contributed by atoms with E-state index in [0.29, 0.717) is 16.1 Å². The fourth-order valence-electron chi connectivity index (χ4n) is 3.19. The molecule has 0 saturated carbocycles. The van der Waals surface area contributed by atoms with E-state index in [1.165, 1.54) is 24.1 Å². The lowest BCUT2D eigenvalue weighted by molar-refractivity contribution is -0.0512. The summed E-state index contributed by atoms with van der Waals surface area (Å²) >= 11 is 6.20. The second-order valence-corrected chi connectivity index (χ2v) is 7.35. The summed E-state index contributed by atoms with van der Waals surface area (Å²) < 4.78 is 36.5. The average Bonchev–Trinajstić information content (AvgIpc) is 3.00. The number of amides is 1. The number of benzene rings is 2. The summed E-state index contributed by atoms with van der Waals surface area (Å²) in [5.41, 5.74) is 3.44. The second-order valence-electron chi connectivity index (χ2n) is 6.97. The van der Waals surface area contributed by atoms with E-state index in [9.17, 15) is 13.6 Å². The lowest BCUT2D eigenvalue weighted by Gasteiger charge is -2.19. The first kappa shape index (κ1) is 22.6. The Kier molecular flexibility index (Phi) is 6.80. The first-order valence-corrected chi connectivity index (χ1v) is 9.78. The highest BCUT2D eigenvalue weighted by Gasteiger charge is 2.16. The van der Waals surface area contributed by atoms with Crippen LogP contribution in [0, 0.1) is 13.8 Å².